The van der Waals surface area contributed by atoms with Crippen LogP contribution in [0.25, 0.3) is 0 Å². The van der Waals surface area contributed by atoms with Gasteiger partial charge in [0.05, 0.1) is 24.2 Å². The molecule has 0 aromatic heterocycles. The van der Waals surface area contributed by atoms with Crippen LogP contribution in [0.4, 0.5) is 0 Å². The summed E-state index contributed by atoms with van der Waals surface area (Å²) in [6.07, 6.45) is 4.69. The summed E-state index contributed by atoms with van der Waals surface area (Å²) in [6.45, 7) is 2.75. The summed E-state index contributed by atoms with van der Waals surface area (Å²) in [6, 6.07) is 3.11. The molecule has 4 nitrogen and oxygen atoms in total. The molecule has 2 aliphatic carbocycles. The highest BCUT2D eigenvalue weighted by Gasteiger charge is 2.44. The normalized spacial score (nSPS) is 40.9. The molecule has 0 radical (unpaired) electrons. The van der Waals surface area contributed by atoms with Crippen LogP contribution in [-0.4, -0.2) is 38.0 Å². The van der Waals surface area contributed by atoms with E-state index in [2.05, 4.69) is 11.4 Å². The summed E-state index contributed by atoms with van der Waals surface area (Å²) in [4.78, 5) is 0. The Hall–Kier alpha value is -0.630. The van der Waals surface area contributed by atoms with Gasteiger partial charge in [-0.25, -0.2) is 0 Å². The smallest absolute Gasteiger partial charge is 0.0986 e. The quantitative estimate of drug-likeness (QED) is 0.788. The van der Waals surface area contributed by atoms with Crippen molar-refractivity contribution in [3.63, 3.8) is 0 Å². The zero-order valence-electron chi connectivity index (χ0n) is 10.7. The molecule has 96 valence electrons. The molecule has 0 heterocycles. The average Bonchev–Trinajstić information content (AvgIpc) is 2.75. The third-order valence-electron chi connectivity index (χ3n) is 4.01. The number of nitrogens with zero attached hydrogens (tertiary/aromatic N) is 1. The maximum atomic E-state index is 9.05. The molecular weight excluding hydrogens is 216 g/mol. The van der Waals surface area contributed by atoms with E-state index in [4.69, 9.17) is 14.7 Å². The van der Waals surface area contributed by atoms with Gasteiger partial charge in [0.1, 0.15) is 0 Å². The van der Waals surface area contributed by atoms with E-state index in [1.165, 1.54) is 0 Å². The van der Waals surface area contributed by atoms with Gasteiger partial charge in [-0.3, -0.25) is 0 Å². The lowest BCUT2D eigenvalue weighted by Crippen LogP contribution is -2.62. The van der Waals surface area contributed by atoms with Gasteiger partial charge in [0.15, 0.2) is 0 Å². The van der Waals surface area contributed by atoms with E-state index in [1.54, 1.807) is 7.11 Å². The van der Waals surface area contributed by atoms with Crippen LogP contribution in [0, 0.1) is 17.2 Å². The lowest BCUT2D eigenvalue weighted by molar-refractivity contribution is -0.133. The molecule has 4 heteroatoms. The van der Waals surface area contributed by atoms with Crippen LogP contribution >= 0.6 is 0 Å². The maximum Gasteiger partial charge on any atom is 0.0986 e. The molecule has 2 rings (SSSR count). The Balaban J connectivity index is 1.82. The van der Waals surface area contributed by atoms with E-state index in [-0.39, 0.29) is 18.1 Å². The Labute approximate surface area is 103 Å². The van der Waals surface area contributed by atoms with Crippen LogP contribution in [0.3, 0.4) is 0 Å². The molecule has 0 aromatic rings. The molecular formula is C13H22N2O2. The molecule has 0 spiro atoms. The number of ether oxygens (including phenoxy) is 2. The van der Waals surface area contributed by atoms with E-state index in [1.807, 2.05) is 6.92 Å². The van der Waals surface area contributed by atoms with Gasteiger partial charge >= 0.3 is 0 Å². The minimum atomic E-state index is 0.148. The Morgan fingerprint density at radius 2 is 2.18 bits per heavy atom. The molecule has 0 bridgehead atoms. The highest BCUT2D eigenvalue weighted by molar-refractivity contribution is 5.03. The first-order valence-electron chi connectivity index (χ1n) is 6.60. The van der Waals surface area contributed by atoms with Crippen molar-refractivity contribution in [1.29, 1.82) is 5.26 Å². The summed E-state index contributed by atoms with van der Waals surface area (Å²) in [7, 11) is 1.74. The molecule has 2 aliphatic rings. The molecule has 5 atom stereocenters. The highest BCUT2D eigenvalue weighted by Crippen LogP contribution is 2.31. The third-order valence-corrected chi connectivity index (χ3v) is 4.01. The number of methoxy groups -OCH3 is 1. The second kappa shape index (κ2) is 5.81. The Kier molecular flexibility index (Phi) is 4.38. The number of rotatable bonds is 5. The highest BCUT2D eigenvalue weighted by atomic mass is 16.5. The molecule has 17 heavy (non-hydrogen) atoms. The third kappa shape index (κ3) is 2.62. The van der Waals surface area contributed by atoms with E-state index in [0.29, 0.717) is 12.1 Å². The van der Waals surface area contributed by atoms with Gasteiger partial charge in [-0.1, -0.05) is 6.42 Å². The fraction of sp³-hybridized carbons (Fsp3) is 0.923. The first-order chi connectivity index (χ1) is 8.30. The van der Waals surface area contributed by atoms with Gasteiger partial charge in [-0.2, -0.15) is 5.26 Å². The Bertz CT molecular complexity index is 290. The molecule has 0 amide bonds. The zero-order valence-corrected chi connectivity index (χ0v) is 10.7. The standard InChI is InChI=1S/C13H22N2O2/c1-3-17-12-7-11(13(12)16-2)15-10-6-4-5-9(10)8-14/h9-13,15H,3-7H2,1-2H3. The van der Waals surface area contributed by atoms with Crippen LogP contribution in [0.5, 0.6) is 0 Å². The van der Waals surface area contributed by atoms with Crippen LogP contribution in [0.15, 0.2) is 0 Å². The summed E-state index contributed by atoms with van der Waals surface area (Å²) < 4.78 is 11.1. The van der Waals surface area contributed by atoms with Crippen molar-refractivity contribution in [2.24, 2.45) is 5.92 Å². The fourth-order valence-electron chi connectivity index (χ4n) is 3.03. The van der Waals surface area contributed by atoms with Crippen molar-refractivity contribution < 1.29 is 9.47 Å². The first-order valence-corrected chi connectivity index (χ1v) is 6.60. The van der Waals surface area contributed by atoms with E-state index < -0.39 is 0 Å². The topological polar surface area (TPSA) is 54.3 Å². The maximum absolute atomic E-state index is 9.05. The summed E-state index contributed by atoms with van der Waals surface area (Å²) in [5.74, 6) is 0.179. The van der Waals surface area contributed by atoms with Crippen molar-refractivity contribution in [3.8, 4) is 6.07 Å². The van der Waals surface area contributed by atoms with Gasteiger partial charge in [0, 0.05) is 25.8 Å². The number of hydrogen-bond donors (Lipinski definition) is 1. The molecule has 0 saturated heterocycles. The summed E-state index contributed by atoms with van der Waals surface area (Å²) >= 11 is 0. The predicted molar refractivity (Wildman–Crippen MR) is 64.5 cm³/mol. The molecule has 2 saturated carbocycles. The van der Waals surface area contributed by atoms with Crippen LogP contribution < -0.4 is 5.32 Å². The SMILES string of the molecule is CCOC1CC(NC2CCCC2C#N)C1OC. The predicted octanol–water partition coefficient (Wildman–Crippen LogP) is 1.46. The van der Waals surface area contributed by atoms with Gasteiger partial charge in [0.2, 0.25) is 0 Å². The fourth-order valence-corrected chi connectivity index (χ4v) is 3.03. The molecule has 0 aliphatic heterocycles. The number of hydrogen-bond acceptors (Lipinski definition) is 4. The van der Waals surface area contributed by atoms with Gasteiger partial charge < -0.3 is 14.8 Å². The lowest BCUT2D eigenvalue weighted by atomic mass is 9.84. The average molecular weight is 238 g/mol. The molecule has 2 fully saturated rings. The Morgan fingerprint density at radius 1 is 1.35 bits per heavy atom. The Morgan fingerprint density at radius 3 is 2.82 bits per heavy atom. The summed E-state index contributed by atoms with van der Waals surface area (Å²) in [5, 5.41) is 12.6. The van der Waals surface area contributed by atoms with Crippen molar-refractivity contribution in [1.82, 2.24) is 5.32 Å². The van der Waals surface area contributed by atoms with Gasteiger partial charge in [-0.15, -0.1) is 0 Å². The van der Waals surface area contributed by atoms with E-state index in [9.17, 15) is 0 Å². The second-order valence-electron chi connectivity index (χ2n) is 4.98. The lowest BCUT2D eigenvalue weighted by Gasteiger charge is -2.45. The van der Waals surface area contributed by atoms with Crippen molar-refractivity contribution in [2.75, 3.05) is 13.7 Å². The van der Waals surface area contributed by atoms with E-state index in [0.717, 1.165) is 32.3 Å². The van der Waals surface area contributed by atoms with Crippen LogP contribution in [0.1, 0.15) is 32.6 Å². The van der Waals surface area contributed by atoms with Crippen LogP contribution in [-0.2, 0) is 9.47 Å². The van der Waals surface area contributed by atoms with Crippen molar-refractivity contribution in [2.45, 2.75) is 56.9 Å². The van der Waals surface area contributed by atoms with Gasteiger partial charge in [0.25, 0.3) is 0 Å². The van der Waals surface area contributed by atoms with Crippen LogP contribution in [0.2, 0.25) is 0 Å². The number of nitriles is 1. The molecule has 1 N–H and O–H groups in total. The van der Waals surface area contributed by atoms with Crippen molar-refractivity contribution in [3.05, 3.63) is 0 Å². The van der Waals surface area contributed by atoms with E-state index >= 15 is 0 Å². The largest absolute Gasteiger partial charge is 0.377 e. The molecule has 5 unspecified atom stereocenters. The van der Waals surface area contributed by atoms with Gasteiger partial charge in [-0.05, 0) is 26.2 Å². The minimum absolute atomic E-state index is 0.148. The molecule has 0 aromatic carbocycles. The number of nitrogens with one attached hydrogen (secondary N) is 1. The second-order valence-corrected chi connectivity index (χ2v) is 4.98. The zero-order chi connectivity index (χ0) is 12.3. The monoisotopic (exact) mass is 238 g/mol. The minimum Gasteiger partial charge on any atom is -0.377 e. The van der Waals surface area contributed by atoms with Crippen molar-refractivity contribution >= 4 is 0 Å². The first kappa shape index (κ1) is 12.8. The summed E-state index contributed by atoms with van der Waals surface area (Å²) in [5.41, 5.74) is 0.